The summed E-state index contributed by atoms with van der Waals surface area (Å²) in [6, 6.07) is 10.1. The minimum Gasteiger partial charge on any atom is -0.491 e. The lowest BCUT2D eigenvalue weighted by atomic mass is 10.2. The van der Waals surface area contributed by atoms with E-state index in [1.54, 1.807) is 6.20 Å². The Morgan fingerprint density at radius 1 is 1.14 bits per heavy atom. The summed E-state index contributed by atoms with van der Waals surface area (Å²) in [4.78, 5) is 6.79. The Kier molecular flexibility index (Phi) is 6.44. The molecule has 4 nitrogen and oxygen atoms in total. The van der Waals surface area contributed by atoms with Gasteiger partial charge in [-0.25, -0.2) is 0 Å². The van der Waals surface area contributed by atoms with Crippen molar-refractivity contribution in [2.75, 3.05) is 39.3 Å². The molecule has 0 amide bonds. The molecule has 0 radical (unpaired) electrons. The van der Waals surface area contributed by atoms with Crippen molar-refractivity contribution in [2.45, 2.75) is 13.8 Å². The van der Waals surface area contributed by atoms with Crippen LogP contribution in [0.1, 0.15) is 13.8 Å². The number of ether oxygens (including phenoxy) is 1. The average Bonchev–Trinajstić information content (AvgIpc) is 2.54. The molecule has 1 aromatic heterocycles. The summed E-state index contributed by atoms with van der Waals surface area (Å²) in [5.74, 6) is 0.833. The van der Waals surface area contributed by atoms with Gasteiger partial charge in [-0.15, -0.1) is 0 Å². The van der Waals surface area contributed by atoms with Gasteiger partial charge in [0.25, 0.3) is 0 Å². The molecule has 0 saturated carbocycles. The van der Waals surface area contributed by atoms with E-state index in [0.717, 1.165) is 49.4 Å². The average molecular weight is 287 g/mol. The summed E-state index contributed by atoms with van der Waals surface area (Å²) >= 11 is 0. The zero-order valence-electron chi connectivity index (χ0n) is 13.0. The predicted molar refractivity (Wildman–Crippen MR) is 87.9 cm³/mol. The normalized spacial score (nSPS) is 11.2. The summed E-state index contributed by atoms with van der Waals surface area (Å²) in [5.41, 5.74) is 1.00. The van der Waals surface area contributed by atoms with Crippen LogP contribution in [0.2, 0.25) is 0 Å². The predicted octanol–water partition coefficient (Wildman–Crippen LogP) is 2.54. The van der Waals surface area contributed by atoms with Crippen molar-refractivity contribution in [1.82, 2.24) is 15.2 Å². The van der Waals surface area contributed by atoms with Crippen LogP contribution in [-0.2, 0) is 0 Å². The molecule has 0 spiro atoms. The number of benzene rings is 1. The number of fused-ring (bicyclic) bond motifs is 1. The SMILES string of the molecule is CCN(CC)CCNCCOc1cnc2ccccc2c1. The summed E-state index contributed by atoms with van der Waals surface area (Å²) in [6.07, 6.45) is 1.79. The van der Waals surface area contributed by atoms with Crippen LogP contribution in [0.3, 0.4) is 0 Å². The molecule has 21 heavy (non-hydrogen) atoms. The van der Waals surface area contributed by atoms with Gasteiger partial charge in [0, 0.05) is 25.0 Å². The maximum atomic E-state index is 5.74. The number of rotatable bonds is 9. The first kappa shape index (κ1) is 15.7. The number of hydrogen-bond donors (Lipinski definition) is 1. The summed E-state index contributed by atoms with van der Waals surface area (Å²) in [5, 5.41) is 4.52. The molecule has 0 atom stereocenters. The number of aromatic nitrogens is 1. The number of para-hydroxylation sites is 1. The second-order valence-electron chi connectivity index (χ2n) is 4.99. The smallest absolute Gasteiger partial charge is 0.138 e. The van der Waals surface area contributed by atoms with Gasteiger partial charge in [0.1, 0.15) is 12.4 Å². The van der Waals surface area contributed by atoms with Gasteiger partial charge in [-0.1, -0.05) is 32.0 Å². The van der Waals surface area contributed by atoms with Crippen molar-refractivity contribution in [3.63, 3.8) is 0 Å². The number of nitrogens with one attached hydrogen (secondary N) is 1. The van der Waals surface area contributed by atoms with E-state index in [4.69, 9.17) is 4.74 Å². The molecule has 114 valence electrons. The largest absolute Gasteiger partial charge is 0.491 e. The number of hydrogen-bond acceptors (Lipinski definition) is 4. The van der Waals surface area contributed by atoms with Gasteiger partial charge in [0.2, 0.25) is 0 Å². The van der Waals surface area contributed by atoms with Crippen molar-refractivity contribution in [1.29, 1.82) is 0 Å². The topological polar surface area (TPSA) is 37.4 Å². The standard InChI is InChI=1S/C17H25N3O/c1-3-20(4-2)11-9-18-10-12-21-16-13-15-7-5-6-8-17(15)19-14-16/h5-8,13-14,18H,3-4,9-12H2,1-2H3. The van der Waals surface area contributed by atoms with Crippen molar-refractivity contribution in [3.05, 3.63) is 36.5 Å². The summed E-state index contributed by atoms with van der Waals surface area (Å²) < 4.78 is 5.74. The monoisotopic (exact) mass is 287 g/mol. The first-order valence-corrected chi connectivity index (χ1v) is 7.74. The molecule has 1 heterocycles. The van der Waals surface area contributed by atoms with Crippen LogP contribution in [0, 0.1) is 0 Å². The van der Waals surface area contributed by atoms with Gasteiger partial charge in [0.05, 0.1) is 11.7 Å². The van der Waals surface area contributed by atoms with Crippen molar-refractivity contribution < 1.29 is 4.74 Å². The third-order valence-electron chi connectivity index (χ3n) is 3.61. The molecule has 2 rings (SSSR count). The Hall–Kier alpha value is -1.65. The minimum atomic E-state index is 0.665. The van der Waals surface area contributed by atoms with Crippen LogP contribution in [0.4, 0.5) is 0 Å². The van der Waals surface area contributed by atoms with Crippen LogP contribution < -0.4 is 10.1 Å². The van der Waals surface area contributed by atoms with Gasteiger partial charge in [0.15, 0.2) is 0 Å². The third kappa shape index (κ3) is 4.99. The molecule has 0 aliphatic rings. The molecule has 0 saturated heterocycles. The molecular weight excluding hydrogens is 262 g/mol. The highest BCUT2D eigenvalue weighted by atomic mass is 16.5. The molecule has 1 aromatic carbocycles. The van der Waals surface area contributed by atoms with E-state index in [2.05, 4.69) is 35.1 Å². The molecule has 1 N–H and O–H groups in total. The van der Waals surface area contributed by atoms with Crippen LogP contribution in [-0.4, -0.2) is 49.2 Å². The molecule has 0 aliphatic heterocycles. The van der Waals surface area contributed by atoms with Crippen molar-refractivity contribution in [3.8, 4) is 5.75 Å². The van der Waals surface area contributed by atoms with Gasteiger partial charge >= 0.3 is 0 Å². The fraction of sp³-hybridized carbons (Fsp3) is 0.471. The van der Waals surface area contributed by atoms with E-state index in [1.165, 1.54) is 0 Å². The van der Waals surface area contributed by atoms with Crippen LogP contribution in [0.5, 0.6) is 5.75 Å². The Labute approximate surface area is 127 Å². The highest BCUT2D eigenvalue weighted by Crippen LogP contribution is 2.17. The zero-order valence-corrected chi connectivity index (χ0v) is 13.0. The van der Waals surface area contributed by atoms with E-state index < -0.39 is 0 Å². The minimum absolute atomic E-state index is 0.665. The lowest BCUT2D eigenvalue weighted by Crippen LogP contribution is -2.33. The Bertz CT molecular complexity index is 540. The fourth-order valence-electron chi connectivity index (χ4n) is 2.27. The second-order valence-corrected chi connectivity index (χ2v) is 4.99. The lowest BCUT2D eigenvalue weighted by molar-refractivity contribution is 0.285. The molecule has 0 unspecified atom stereocenters. The van der Waals surface area contributed by atoms with Gasteiger partial charge in [-0.05, 0) is 25.2 Å². The molecule has 0 bridgehead atoms. The van der Waals surface area contributed by atoms with Crippen LogP contribution in [0.25, 0.3) is 10.9 Å². The highest BCUT2D eigenvalue weighted by Gasteiger charge is 1.99. The maximum Gasteiger partial charge on any atom is 0.138 e. The summed E-state index contributed by atoms with van der Waals surface area (Å²) in [6.45, 7) is 10.2. The molecule has 2 aromatic rings. The quantitative estimate of drug-likeness (QED) is 0.719. The summed E-state index contributed by atoms with van der Waals surface area (Å²) in [7, 11) is 0. The Balaban J connectivity index is 1.68. The van der Waals surface area contributed by atoms with E-state index in [-0.39, 0.29) is 0 Å². The van der Waals surface area contributed by atoms with Crippen LogP contribution in [0.15, 0.2) is 36.5 Å². The van der Waals surface area contributed by atoms with Gasteiger partial charge in [-0.2, -0.15) is 0 Å². The third-order valence-corrected chi connectivity index (χ3v) is 3.61. The fourth-order valence-corrected chi connectivity index (χ4v) is 2.27. The van der Waals surface area contributed by atoms with E-state index in [9.17, 15) is 0 Å². The number of pyridine rings is 1. The second kappa shape index (κ2) is 8.60. The first-order chi connectivity index (χ1) is 10.3. The van der Waals surface area contributed by atoms with Gasteiger partial charge in [-0.3, -0.25) is 4.98 Å². The van der Waals surface area contributed by atoms with Gasteiger partial charge < -0.3 is 15.0 Å². The molecular formula is C17H25N3O. The Morgan fingerprint density at radius 3 is 2.76 bits per heavy atom. The Morgan fingerprint density at radius 2 is 1.95 bits per heavy atom. The maximum absolute atomic E-state index is 5.74. The molecule has 4 heteroatoms. The van der Waals surface area contributed by atoms with Crippen molar-refractivity contribution >= 4 is 10.9 Å². The van der Waals surface area contributed by atoms with E-state index in [1.807, 2.05) is 24.3 Å². The van der Waals surface area contributed by atoms with E-state index >= 15 is 0 Å². The van der Waals surface area contributed by atoms with Crippen molar-refractivity contribution in [2.24, 2.45) is 0 Å². The molecule has 0 aliphatic carbocycles. The van der Waals surface area contributed by atoms with Crippen LogP contribution >= 0.6 is 0 Å². The zero-order chi connectivity index (χ0) is 14.9. The van der Waals surface area contributed by atoms with E-state index in [0.29, 0.717) is 6.61 Å². The highest BCUT2D eigenvalue weighted by molar-refractivity contribution is 5.79. The first-order valence-electron chi connectivity index (χ1n) is 7.74. The number of nitrogens with zero attached hydrogens (tertiary/aromatic N) is 2. The lowest BCUT2D eigenvalue weighted by Gasteiger charge is -2.18. The molecule has 0 fully saturated rings. The number of likely N-dealkylation sites (N-methyl/N-ethyl adjacent to an activating group) is 1.